The second-order valence-electron chi connectivity index (χ2n) is 9.11. The molecule has 1 aliphatic carbocycles. The average molecular weight is 480 g/mol. The van der Waals surface area contributed by atoms with E-state index in [1.165, 1.54) is 11.3 Å². The monoisotopic (exact) mass is 479 g/mol. The predicted octanol–water partition coefficient (Wildman–Crippen LogP) is 5.49. The van der Waals surface area contributed by atoms with Crippen LogP contribution in [0.4, 0.5) is 0 Å². The highest BCUT2D eigenvalue weighted by Crippen LogP contribution is 2.39. The fourth-order valence-corrected chi connectivity index (χ4v) is 5.51. The number of amides is 2. The highest BCUT2D eigenvalue weighted by Gasteiger charge is 2.40. The number of nitrogens with one attached hydrogen (secondary N) is 1. The van der Waals surface area contributed by atoms with E-state index in [1.807, 2.05) is 38.1 Å². The molecular formula is C27H33N3O3S. The molecule has 34 heavy (non-hydrogen) atoms. The largest absolute Gasteiger partial charge is 0.496 e. The van der Waals surface area contributed by atoms with E-state index in [0.29, 0.717) is 11.4 Å². The second-order valence-corrected chi connectivity index (χ2v) is 10.2. The topological polar surface area (TPSA) is 71.0 Å². The Morgan fingerprint density at radius 2 is 1.97 bits per heavy atom. The van der Waals surface area contributed by atoms with Gasteiger partial charge in [-0.3, -0.25) is 9.59 Å². The number of nitrogens with zero attached hydrogens (tertiary/aromatic N) is 2. The molecule has 0 saturated heterocycles. The van der Waals surface area contributed by atoms with E-state index in [2.05, 4.69) is 30.5 Å². The maximum Gasteiger partial charge on any atom is 0.261 e. The summed E-state index contributed by atoms with van der Waals surface area (Å²) < 4.78 is 5.66. The van der Waals surface area contributed by atoms with Crippen molar-refractivity contribution < 1.29 is 14.3 Å². The maximum absolute atomic E-state index is 13.1. The molecule has 2 aromatic rings. The number of rotatable bonds is 8. The Balaban J connectivity index is 1.70. The molecule has 0 unspecified atom stereocenters. The second kappa shape index (κ2) is 10.6. The van der Waals surface area contributed by atoms with E-state index in [-0.39, 0.29) is 29.7 Å². The fourth-order valence-electron chi connectivity index (χ4n) is 4.57. The number of unbranched alkanes of at least 4 members (excludes halogenated alkanes) is 1. The lowest BCUT2D eigenvalue weighted by molar-refractivity contribution is -0.139. The van der Waals surface area contributed by atoms with E-state index in [0.717, 1.165) is 53.1 Å². The number of carbonyl (C=O) groups is 2. The Hall–Kier alpha value is -2.93. The van der Waals surface area contributed by atoms with Crippen LogP contribution >= 0.6 is 11.3 Å². The molecule has 1 aromatic carbocycles. The molecule has 1 aromatic heterocycles. The van der Waals surface area contributed by atoms with Crippen LogP contribution in [0.2, 0.25) is 0 Å². The molecule has 0 saturated carbocycles. The van der Waals surface area contributed by atoms with Crippen LogP contribution in [0.15, 0.2) is 47.6 Å². The smallest absolute Gasteiger partial charge is 0.261 e. The van der Waals surface area contributed by atoms with Gasteiger partial charge in [0.15, 0.2) is 0 Å². The van der Waals surface area contributed by atoms with Gasteiger partial charge in [-0.2, -0.15) is 5.10 Å². The van der Waals surface area contributed by atoms with Crippen molar-refractivity contribution in [1.29, 1.82) is 0 Å². The Kier molecular flexibility index (Phi) is 7.51. The number of benzene rings is 1. The zero-order valence-electron chi connectivity index (χ0n) is 20.3. The quantitative estimate of drug-likeness (QED) is 0.402. The van der Waals surface area contributed by atoms with Gasteiger partial charge in [0, 0.05) is 28.9 Å². The third kappa shape index (κ3) is 4.80. The summed E-state index contributed by atoms with van der Waals surface area (Å²) in [6, 6.07) is 9.91. The van der Waals surface area contributed by atoms with Crippen LogP contribution < -0.4 is 10.1 Å². The third-order valence-corrected chi connectivity index (χ3v) is 7.55. The van der Waals surface area contributed by atoms with Crippen LogP contribution in [0, 0.1) is 11.8 Å². The summed E-state index contributed by atoms with van der Waals surface area (Å²) in [6.07, 6.45) is 7.83. The van der Waals surface area contributed by atoms with Crippen molar-refractivity contribution in [3.05, 3.63) is 52.9 Å². The summed E-state index contributed by atoms with van der Waals surface area (Å²) in [6.45, 7) is 6.78. The highest BCUT2D eigenvalue weighted by atomic mass is 32.1. The van der Waals surface area contributed by atoms with Crippen molar-refractivity contribution in [2.45, 2.75) is 52.5 Å². The summed E-state index contributed by atoms with van der Waals surface area (Å²) >= 11 is 1.46. The van der Waals surface area contributed by atoms with Gasteiger partial charge in [-0.25, -0.2) is 5.01 Å². The van der Waals surface area contributed by atoms with Crippen molar-refractivity contribution in [3.8, 4) is 16.2 Å². The first-order valence-corrected chi connectivity index (χ1v) is 12.9. The highest BCUT2D eigenvalue weighted by molar-refractivity contribution is 7.17. The first kappa shape index (κ1) is 24.2. The molecule has 1 N–H and O–H groups in total. The number of hydrogen-bond acceptors (Lipinski definition) is 5. The van der Waals surface area contributed by atoms with Crippen molar-refractivity contribution in [2.75, 3.05) is 13.7 Å². The lowest BCUT2D eigenvalue weighted by Crippen LogP contribution is -2.47. The molecule has 2 amide bonds. The number of fused-ring (bicyclic) bond motifs is 1. The van der Waals surface area contributed by atoms with Gasteiger partial charge >= 0.3 is 0 Å². The molecule has 7 heteroatoms. The average Bonchev–Trinajstić information content (AvgIpc) is 3.34. The van der Waals surface area contributed by atoms with Crippen LogP contribution in [0.1, 0.15) is 61.7 Å². The van der Waals surface area contributed by atoms with Crippen molar-refractivity contribution >= 4 is 28.9 Å². The van der Waals surface area contributed by atoms with E-state index in [1.54, 1.807) is 12.1 Å². The van der Waals surface area contributed by atoms with Crippen LogP contribution in [-0.2, 0) is 4.79 Å². The van der Waals surface area contributed by atoms with Crippen molar-refractivity contribution in [3.63, 3.8) is 0 Å². The van der Waals surface area contributed by atoms with Crippen molar-refractivity contribution in [1.82, 2.24) is 10.3 Å². The normalized spacial score (nSPS) is 19.7. The third-order valence-electron chi connectivity index (χ3n) is 6.44. The summed E-state index contributed by atoms with van der Waals surface area (Å²) in [4.78, 5) is 27.2. The van der Waals surface area contributed by atoms with Crippen LogP contribution in [0.25, 0.3) is 10.4 Å². The number of hydrazone groups is 1. The van der Waals surface area contributed by atoms with E-state index >= 15 is 0 Å². The Morgan fingerprint density at radius 3 is 2.68 bits per heavy atom. The van der Waals surface area contributed by atoms with Gasteiger partial charge in [-0.05, 0) is 69.0 Å². The molecular weight excluding hydrogens is 446 g/mol. The Labute approximate surface area is 205 Å². The van der Waals surface area contributed by atoms with Gasteiger partial charge in [0.25, 0.3) is 5.91 Å². The summed E-state index contributed by atoms with van der Waals surface area (Å²) in [7, 11) is 1.66. The molecule has 0 spiro atoms. The Morgan fingerprint density at radius 1 is 1.21 bits per heavy atom. The van der Waals surface area contributed by atoms with E-state index < -0.39 is 0 Å². The summed E-state index contributed by atoms with van der Waals surface area (Å²) in [5.74, 6) is 0.803. The standard InChI is InChI=1S/C27H33N3O3S/c1-5-6-15-28-26(31)24-14-13-23(34-24)21-16-18(11-12-22(21)33-4)25-19-9-7-8-10-20(19)27(32)30(29-25)17(2)3/h7-8,11-14,16-17,19-20H,5-6,9-10,15H2,1-4H3,(H,28,31)/t19-,20+/m0/s1. The van der Waals surface area contributed by atoms with E-state index in [4.69, 9.17) is 9.84 Å². The van der Waals surface area contributed by atoms with Gasteiger partial charge in [0.1, 0.15) is 5.75 Å². The van der Waals surface area contributed by atoms with Gasteiger partial charge in [-0.1, -0.05) is 25.5 Å². The number of thiophene rings is 1. The zero-order valence-corrected chi connectivity index (χ0v) is 21.2. The number of methoxy groups -OCH3 is 1. The molecule has 0 radical (unpaired) electrons. The molecule has 2 aliphatic rings. The van der Waals surface area contributed by atoms with Gasteiger partial charge in [-0.15, -0.1) is 11.3 Å². The van der Waals surface area contributed by atoms with Gasteiger partial charge < -0.3 is 10.1 Å². The molecule has 6 nitrogen and oxygen atoms in total. The zero-order chi connectivity index (χ0) is 24.2. The fraction of sp³-hybridized carbons (Fsp3) is 0.444. The molecule has 180 valence electrons. The van der Waals surface area contributed by atoms with Gasteiger partial charge in [0.2, 0.25) is 5.91 Å². The molecule has 1 aliphatic heterocycles. The number of carbonyl (C=O) groups excluding carboxylic acids is 2. The Bertz CT molecular complexity index is 1120. The number of hydrogen-bond donors (Lipinski definition) is 1. The molecule has 0 fully saturated rings. The van der Waals surface area contributed by atoms with Crippen LogP contribution in [0.3, 0.4) is 0 Å². The van der Waals surface area contributed by atoms with E-state index in [9.17, 15) is 9.59 Å². The first-order valence-electron chi connectivity index (χ1n) is 12.1. The maximum atomic E-state index is 13.1. The lowest BCUT2D eigenvalue weighted by atomic mass is 9.76. The van der Waals surface area contributed by atoms with Crippen LogP contribution in [-0.4, -0.2) is 42.2 Å². The summed E-state index contributed by atoms with van der Waals surface area (Å²) in [5, 5.41) is 9.47. The minimum absolute atomic E-state index is 0.00171. The van der Waals surface area contributed by atoms with Crippen LogP contribution in [0.5, 0.6) is 5.75 Å². The SMILES string of the molecule is CCCCNC(=O)c1ccc(-c2cc(C3=NN(C(C)C)C(=O)[C@@H]4CC=CC[C@H]34)ccc2OC)s1. The number of ether oxygens (including phenoxy) is 1. The van der Waals surface area contributed by atoms with Crippen molar-refractivity contribution in [2.24, 2.45) is 16.9 Å². The molecule has 4 rings (SSSR count). The molecule has 2 atom stereocenters. The lowest BCUT2D eigenvalue weighted by Gasteiger charge is -2.38. The van der Waals surface area contributed by atoms with Gasteiger partial charge in [0.05, 0.1) is 23.6 Å². The summed E-state index contributed by atoms with van der Waals surface area (Å²) in [5.41, 5.74) is 2.86. The minimum Gasteiger partial charge on any atom is -0.496 e. The predicted molar refractivity (Wildman–Crippen MR) is 137 cm³/mol. The first-order chi connectivity index (χ1) is 16.4. The number of allylic oxidation sites excluding steroid dienone is 2. The molecule has 0 bridgehead atoms. The minimum atomic E-state index is -0.0781. The molecule has 2 heterocycles.